The zero-order chi connectivity index (χ0) is 16.2. The summed E-state index contributed by atoms with van der Waals surface area (Å²) in [6.45, 7) is 12.8. The molecule has 1 atom stereocenters. The van der Waals surface area contributed by atoms with E-state index in [2.05, 4.69) is 38.2 Å². The lowest BCUT2D eigenvalue weighted by atomic mass is 9.91. The van der Waals surface area contributed by atoms with Gasteiger partial charge in [-0.2, -0.15) is 0 Å². The van der Waals surface area contributed by atoms with E-state index >= 15 is 0 Å². The fraction of sp³-hybridized carbons (Fsp3) is 0.588. The van der Waals surface area contributed by atoms with Crippen molar-refractivity contribution in [3.8, 4) is 0 Å². The second-order valence-corrected chi connectivity index (χ2v) is 6.61. The Morgan fingerprint density at radius 2 is 1.76 bits per heavy atom. The molecule has 118 valence electrons. The quantitative estimate of drug-likeness (QED) is 0.896. The van der Waals surface area contributed by atoms with Crippen LogP contribution in [0.3, 0.4) is 0 Å². The zero-order valence-corrected chi connectivity index (χ0v) is 14.0. The highest BCUT2D eigenvalue weighted by Crippen LogP contribution is 2.22. The first-order valence-corrected chi connectivity index (χ1v) is 7.38. The first-order valence-electron chi connectivity index (χ1n) is 7.38. The molecule has 0 radical (unpaired) electrons. The molecule has 0 aliphatic heterocycles. The standard InChI is InChI=1S/C17H28N2O2/c1-11-7-13(3)15(8-12(11)2)14(9-18)10-19-16(20)21-17(4,5)6/h7-8,14H,9-10,18H2,1-6H3,(H,19,20). The number of ether oxygens (including phenoxy) is 1. The van der Waals surface area contributed by atoms with Crippen molar-refractivity contribution >= 4 is 6.09 Å². The fourth-order valence-corrected chi connectivity index (χ4v) is 2.26. The lowest BCUT2D eigenvalue weighted by molar-refractivity contribution is 0.0525. The van der Waals surface area contributed by atoms with E-state index < -0.39 is 11.7 Å². The molecule has 0 saturated heterocycles. The van der Waals surface area contributed by atoms with Crippen LogP contribution in [0.25, 0.3) is 0 Å². The molecule has 1 aromatic carbocycles. The molecule has 0 spiro atoms. The molecule has 0 fully saturated rings. The lowest BCUT2D eigenvalue weighted by Crippen LogP contribution is -2.36. The van der Waals surface area contributed by atoms with Crippen molar-refractivity contribution in [3.63, 3.8) is 0 Å². The van der Waals surface area contributed by atoms with Gasteiger partial charge in [-0.1, -0.05) is 12.1 Å². The predicted molar refractivity (Wildman–Crippen MR) is 86.7 cm³/mol. The van der Waals surface area contributed by atoms with Gasteiger partial charge in [0, 0.05) is 19.0 Å². The highest BCUT2D eigenvalue weighted by Gasteiger charge is 2.18. The summed E-state index contributed by atoms with van der Waals surface area (Å²) in [6, 6.07) is 4.33. The van der Waals surface area contributed by atoms with E-state index in [0.29, 0.717) is 13.1 Å². The van der Waals surface area contributed by atoms with E-state index in [-0.39, 0.29) is 5.92 Å². The summed E-state index contributed by atoms with van der Waals surface area (Å²) in [5.74, 6) is 0.0943. The summed E-state index contributed by atoms with van der Waals surface area (Å²) in [7, 11) is 0. The number of hydrogen-bond donors (Lipinski definition) is 2. The lowest BCUT2D eigenvalue weighted by Gasteiger charge is -2.23. The summed E-state index contributed by atoms with van der Waals surface area (Å²) in [6.07, 6.45) is -0.401. The Balaban J connectivity index is 2.76. The molecule has 0 saturated carbocycles. The van der Waals surface area contributed by atoms with Crippen molar-refractivity contribution in [1.82, 2.24) is 5.32 Å². The molecule has 4 heteroatoms. The van der Waals surface area contributed by atoms with Crippen LogP contribution in [0, 0.1) is 20.8 Å². The summed E-state index contributed by atoms with van der Waals surface area (Å²) < 4.78 is 5.25. The van der Waals surface area contributed by atoms with Gasteiger partial charge in [-0.15, -0.1) is 0 Å². The molecule has 4 nitrogen and oxygen atoms in total. The third-order valence-electron chi connectivity index (χ3n) is 3.50. The normalized spacial score (nSPS) is 12.9. The second kappa shape index (κ2) is 6.94. The van der Waals surface area contributed by atoms with E-state index in [9.17, 15) is 4.79 Å². The number of amides is 1. The Morgan fingerprint density at radius 3 is 2.29 bits per heavy atom. The summed E-state index contributed by atoms with van der Waals surface area (Å²) in [5.41, 5.74) is 10.3. The fourth-order valence-electron chi connectivity index (χ4n) is 2.26. The van der Waals surface area contributed by atoms with Crippen molar-refractivity contribution in [3.05, 3.63) is 34.4 Å². The third kappa shape index (κ3) is 5.38. The molecule has 0 aromatic heterocycles. The van der Waals surface area contributed by atoms with Gasteiger partial charge in [-0.05, 0) is 63.8 Å². The van der Waals surface area contributed by atoms with Crippen LogP contribution < -0.4 is 11.1 Å². The van der Waals surface area contributed by atoms with Crippen molar-refractivity contribution in [2.75, 3.05) is 13.1 Å². The predicted octanol–water partition coefficient (Wildman–Crippen LogP) is 3.18. The average molecular weight is 292 g/mol. The Kier molecular flexibility index (Phi) is 5.78. The molecule has 1 unspecified atom stereocenters. The van der Waals surface area contributed by atoms with Crippen LogP contribution in [0.2, 0.25) is 0 Å². The first-order chi connectivity index (χ1) is 9.64. The number of carbonyl (C=O) groups excluding carboxylic acids is 1. The SMILES string of the molecule is Cc1cc(C)c(C(CN)CNC(=O)OC(C)(C)C)cc1C. The first kappa shape index (κ1) is 17.5. The Morgan fingerprint density at radius 1 is 1.19 bits per heavy atom. The van der Waals surface area contributed by atoms with Crippen LogP contribution >= 0.6 is 0 Å². The Hall–Kier alpha value is -1.55. The van der Waals surface area contributed by atoms with Gasteiger partial charge >= 0.3 is 6.09 Å². The van der Waals surface area contributed by atoms with Crippen molar-refractivity contribution in [1.29, 1.82) is 0 Å². The molecule has 0 aliphatic carbocycles. The number of nitrogens with one attached hydrogen (secondary N) is 1. The molecule has 3 N–H and O–H groups in total. The minimum atomic E-state index is -0.487. The monoisotopic (exact) mass is 292 g/mol. The number of hydrogen-bond acceptors (Lipinski definition) is 3. The van der Waals surface area contributed by atoms with Gasteiger partial charge in [0.1, 0.15) is 5.60 Å². The van der Waals surface area contributed by atoms with E-state index in [1.807, 2.05) is 20.8 Å². The van der Waals surface area contributed by atoms with Gasteiger partial charge < -0.3 is 15.8 Å². The summed E-state index contributed by atoms with van der Waals surface area (Å²) in [5, 5.41) is 2.81. The van der Waals surface area contributed by atoms with Gasteiger partial charge in [0.25, 0.3) is 0 Å². The van der Waals surface area contributed by atoms with Gasteiger partial charge in [-0.3, -0.25) is 0 Å². The van der Waals surface area contributed by atoms with Gasteiger partial charge in [-0.25, -0.2) is 4.79 Å². The minimum absolute atomic E-state index is 0.0943. The van der Waals surface area contributed by atoms with Crippen LogP contribution in [-0.2, 0) is 4.74 Å². The third-order valence-corrected chi connectivity index (χ3v) is 3.50. The second-order valence-electron chi connectivity index (χ2n) is 6.61. The van der Waals surface area contributed by atoms with Gasteiger partial charge in [0.2, 0.25) is 0 Å². The van der Waals surface area contributed by atoms with Crippen molar-refractivity contribution in [2.45, 2.75) is 53.1 Å². The van der Waals surface area contributed by atoms with Crippen LogP contribution in [0.1, 0.15) is 48.9 Å². The number of carbonyl (C=O) groups is 1. The zero-order valence-electron chi connectivity index (χ0n) is 14.0. The van der Waals surface area contributed by atoms with E-state index in [0.717, 1.165) is 0 Å². The maximum Gasteiger partial charge on any atom is 0.407 e. The van der Waals surface area contributed by atoms with E-state index in [4.69, 9.17) is 10.5 Å². The van der Waals surface area contributed by atoms with Crippen LogP contribution in [-0.4, -0.2) is 24.8 Å². The van der Waals surface area contributed by atoms with Crippen molar-refractivity contribution < 1.29 is 9.53 Å². The summed E-state index contributed by atoms with van der Waals surface area (Å²) in [4.78, 5) is 11.7. The average Bonchev–Trinajstić information content (AvgIpc) is 2.33. The highest BCUT2D eigenvalue weighted by atomic mass is 16.6. The smallest absolute Gasteiger partial charge is 0.407 e. The molecule has 0 aliphatic rings. The van der Waals surface area contributed by atoms with Crippen LogP contribution in [0.15, 0.2) is 12.1 Å². The Labute approximate surface area is 128 Å². The van der Waals surface area contributed by atoms with Crippen LogP contribution in [0.5, 0.6) is 0 Å². The largest absolute Gasteiger partial charge is 0.444 e. The number of rotatable bonds is 4. The number of alkyl carbamates (subject to hydrolysis) is 1. The molecule has 21 heavy (non-hydrogen) atoms. The number of benzene rings is 1. The molecule has 1 rings (SSSR count). The van der Waals surface area contributed by atoms with Crippen LogP contribution in [0.4, 0.5) is 4.79 Å². The van der Waals surface area contributed by atoms with E-state index in [1.165, 1.54) is 22.3 Å². The number of nitrogens with two attached hydrogens (primary N) is 1. The number of aryl methyl sites for hydroxylation is 3. The molecular formula is C17H28N2O2. The molecule has 1 aromatic rings. The molecule has 0 heterocycles. The van der Waals surface area contributed by atoms with Gasteiger partial charge in [0.05, 0.1) is 0 Å². The van der Waals surface area contributed by atoms with Gasteiger partial charge in [0.15, 0.2) is 0 Å². The molecular weight excluding hydrogens is 264 g/mol. The minimum Gasteiger partial charge on any atom is -0.444 e. The molecule has 1 amide bonds. The maximum absolute atomic E-state index is 11.7. The van der Waals surface area contributed by atoms with E-state index in [1.54, 1.807) is 0 Å². The summed E-state index contributed by atoms with van der Waals surface area (Å²) >= 11 is 0. The molecule has 0 bridgehead atoms. The van der Waals surface area contributed by atoms with Crippen molar-refractivity contribution in [2.24, 2.45) is 5.73 Å². The Bertz CT molecular complexity index is 504. The highest BCUT2D eigenvalue weighted by molar-refractivity contribution is 5.67. The topological polar surface area (TPSA) is 64.3 Å². The maximum atomic E-state index is 11.7.